The molecule has 3 aromatic rings. The van der Waals surface area contributed by atoms with Crippen molar-refractivity contribution in [1.29, 1.82) is 0 Å². The number of hydrogen-bond acceptors (Lipinski definition) is 6. The molecule has 1 aliphatic heterocycles. The lowest BCUT2D eigenvalue weighted by Gasteiger charge is -2.27. The lowest BCUT2D eigenvalue weighted by Crippen LogP contribution is -2.54. The average Bonchev–Trinajstić information content (AvgIpc) is 3.05. The first-order chi connectivity index (χ1) is 22.2. The van der Waals surface area contributed by atoms with Gasteiger partial charge in [-0.25, -0.2) is 0 Å². The predicted molar refractivity (Wildman–Crippen MR) is 176 cm³/mol. The minimum absolute atomic E-state index is 0.122. The molecule has 0 saturated heterocycles. The van der Waals surface area contributed by atoms with E-state index in [0.717, 1.165) is 16.9 Å². The van der Waals surface area contributed by atoms with Crippen molar-refractivity contribution >= 4 is 23.6 Å². The van der Waals surface area contributed by atoms with Gasteiger partial charge in [0.2, 0.25) is 17.7 Å². The zero-order chi connectivity index (χ0) is 32.9. The minimum atomic E-state index is -1.19. The summed E-state index contributed by atoms with van der Waals surface area (Å²) in [6, 6.07) is 21.4. The van der Waals surface area contributed by atoms with E-state index in [1.54, 1.807) is 31.4 Å². The molecule has 4 amide bonds. The van der Waals surface area contributed by atoms with E-state index in [0.29, 0.717) is 31.6 Å². The molecule has 0 bridgehead atoms. The van der Waals surface area contributed by atoms with Crippen molar-refractivity contribution < 1.29 is 28.7 Å². The molecule has 0 aromatic heterocycles. The second kappa shape index (κ2) is 17.0. The van der Waals surface area contributed by atoms with E-state index in [2.05, 4.69) is 21.3 Å². The molecule has 10 nitrogen and oxygen atoms in total. The minimum Gasteiger partial charge on any atom is -0.497 e. The molecule has 3 atom stereocenters. The normalized spacial score (nSPS) is 19.0. The Kier molecular flexibility index (Phi) is 12.6. The van der Waals surface area contributed by atoms with Crippen molar-refractivity contribution in [2.45, 2.75) is 64.1 Å². The van der Waals surface area contributed by atoms with Gasteiger partial charge >= 0.3 is 0 Å². The van der Waals surface area contributed by atoms with Crippen molar-refractivity contribution in [3.05, 3.63) is 95.6 Å². The molecule has 0 aliphatic carbocycles. The maximum atomic E-state index is 13.6. The Balaban J connectivity index is 1.54. The Labute approximate surface area is 270 Å². The number of methoxy groups -OCH3 is 1. The van der Waals surface area contributed by atoms with Crippen LogP contribution in [0.3, 0.4) is 0 Å². The molecule has 0 unspecified atom stereocenters. The van der Waals surface area contributed by atoms with E-state index in [1.165, 1.54) is 0 Å². The van der Waals surface area contributed by atoms with E-state index in [4.69, 9.17) is 9.47 Å². The molecule has 10 heteroatoms. The van der Waals surface area contributed by atoms with Gasteiger partial charge in [-0.3, -0.25) is 19.2 Å². The number of benzene rings is 3. The highest BCUT2D eigenvalue weighted by Gasteiger charge is 2.30. The molecule has 3 aromatic carbocycles. The Bertz CT molecular complexity index is 1480. The summed E-state index contributed by atoms with van der Waals surface area (Å²) in [6.07, 6.45) is 1.87. The van der Waals surface area contributed by atoms with Crippen molar-refractivity contribution in [3.8, 4) is 11.5 Å². The van der Waals surface area contributed by atoms with Gasteiger partial charge in [-0.15, -0.1) is 0 Å². The van der Waals surface area contributed by atoms with Gasteiger partial charge < -0.3 is 30.7 Å². The summed E-state index contributed by atoms with van der Waals surface area (Å²) in [5.41, 5.74) is 2.16. The van der Waals surface area contributed by atoms with Crippen LogP contribution in [0.15, 0.2) is 78.9 Å². The number of ether oxygens (including phenoxy) is 2. The Morgan fingerprint density at radius 1 is 0.935 bits per heavy atom. The second-order valence-corrected chi connectivity index (χ2v) is 11.9. The largest absolute Gasteiger partial charge is 0.497 e. The summed E-state index contributed by atoms with van der Waals surface area (Å²) in [4.78, 5) is 54.0. The highest BCUT2D eigenvalue weighted by molar-refractivity contribution is 6.01. The molecule has 244 valence electrons. The number of carbonyl (C=O) groups excluding carboxylic acids is 4. The third kappa shape index (κ3) is 10.4. The Morgan fingerprint density at radius 2 is 1.67 bits per heavy atom. The van der Waals surface area contributed by atoms with Crippen LogP contribution in [-0.4, -0.2) is 62.0 Å². The first-order valence-corrected chi connectivity index (χ1v) is 15.8. The molecule has 46 heavy (non-hydrogen) atoms. The number of rotatable bonds is 10. The molecule has 0 saturated carbocycles. The van der Waals surface area contributed by atoms with Crippen molar-refractivity contribution in [2.75, 3.05) is 20.3 Å². The molecular formula is C36H44N4O6. The number of fused-ring (bicyclic) bond motifs is 1. The van der Waals surface area contributed by atoms with Gasteiger partial charge in [0, 0.05) is 13.0 Å². The zero-order valence-electron chi connectivity index (χ0n) is 26.7. The van der Waals surface area contributed by atoms with Crippen LogP contribution in [0, 0.1) is 5.92 Å². The van der Waals surface area contributed by atoms with Crippen LogP contribution in [0.1, 0.15) is 54.6 Å². The zero-order valence-corrected chi connectivity index (χ0v) is 26.7. The number of nitrogens with one attached hydrogen (secondary N) is 4. The first-order valence-electron chi connectivity index (χ1n) is 15.8. The molecule has 0 spiro atoms. The number of amides is 4. The highest BCUT2D eigenvalue weighted by atomic mass is 16.5. The lowest BCUT2D eigenvalue weighted by atomic mass is 10.0. The van der Waals surface area contributed by atoms with E-state index in [1.807, 2.05) is 68.4 Å². The molecule has 0 fully saturated rings. The second-order valence-electron chi connectivity index (χ2n) is 11.9. The third-order valence-electron chi connectivity index (χ3n) is 7.70. The Morgan fingerprint density at radius 3 is 2.43 bits per heavy atom. The first kappa shape index (κ1) is 34.0. The molecule has 4 N–H and O–H groups in total. The standard InChI is InChI=1S/C36H44N4O6/c1-24(2)19-27-23-46-32-17-8-7-16-29(32)34(42)40-31(35(43)37-18-10-14-25-13-9-15-28(20-25)45-3)22-33(41)39-30(36(44)38-27)21-26-11-5-4-6-12-26/h4-9,11-13,15-17,20,24,27,30-31H,10,14,18-19,21-23H2,1-3H3,(H,37,43)(H,38,44)(H,39,41)(H,40,42)/t27-,30-,31+/m1/s1. The molecule has 0 radical (unpaired) electrons. The van der Waals surface area contributed by atoms with Gasteiger partial charge in [0.15, 0.2) is 0 Å². The van der Waals surface area contributed by atoms with Gasteiger partial charge in [0.1, 0.15) is 30.2 Å². The summed E-state index contributed by atoms with van der Waals surface area (Å²) in [5, 5.41) is 11.5. The summed E-state index contributed by atoms with van der Waals surface area (Å²) in [7, 11) is 1.61. The van der Waals surface area contributed by atoms with Gasteiger partial charge in [-0.1, -0.05) is 68.4 Å². The fourth-order valence-corrected chi connectivity index (χ4v) is 5.41. The number of hydrogen-bond donors (Lipinski definition) is 4. The van der Waals surface area contributed by atoms with Crippen LogP contribution in [0.2, 0.25) is 0 Å². The topological polar surface area (TPSA) is 135 Å². The average molecular weight is 629 g/mol. The summed E-state index contributed by atoms with van der Waals surface area (Å²) < 4.78 is 11.4. The van der Waals surface area contributed by atoms with E-state index in [9.17, 15) is 19.2 Å². The molecule has 1 aliphatic rings. The maximum absolute atomic E-state index is 13.6. The SMILES string of the molecule is COc1cccc(CCCNC(=O)[C@@H]2CC(=O)N[C@H](Cc3ccccc3)C(=O)N[C@H](CC(C)C)COc3ccccc3C(=O)N2)c1. The predicted octanol–water partition coefficient (Wildman–Crippen LogP) is 3.58. The summed E-state index contributed by atoms with van der Waals surface area (Å²) in [5.74, 6) is -0.586. The van der Waals surface area contributed by atoms with Crippen LogP contribution < -0.4 is 30.7 Å². The third-order valence-corrected chi connectivity index (χ3v) is 7.70. The molecule has 4 rings (SSSR count). The van der Waals surface area contributed by atoms with E-state index < -0.39 is 29.8 Å². The van der Waals surface area contributed by atoms with E-state index in [-0.39, 0.29) is 42.9 Å². The quantitative estimate of drug-likeness (QED) is 0.254. The van der Waals surface area contributed by atoms with Crippen LogP contribution in [0.4, 0.5) is 0 Å². The summed E-state index contributed by atoms with van der Waals surface area (Å²) >= 11 is 0. The fraction of sp³-hybridized carbons (Fsp3) is 0.389. The highest BCUT2D eigenvalue weighted by Crippen LogP contribution is 2.20. The number of para-hydroxylation sites is 1. The smallest absolute Gasteiger partial charge is 0.255 e. The fourth-order valence-electron chi connectivity index (χ4n) is 5.41. The van der Waals surface area contributed by atoms with E-state index >= 15 is 0 Å². The molecule has 1 heterocycles. The van der Waals surface area contributed by atoms with Crippen molar-refractivity contribution in [2.24, 2.45) is 5.92 Å². The van der Waals surface area contributed by atoms with Gasteiger partial charge in [-0.05, 0) is 60.6 Å². The molecular weight excluding hydrogens is 584 g/mol. The van der Waals surface area contributed by atoms with Crippen LogP contribution in [-0.2, 0) is 27.2 Å². The lowest BCUT2D eigenvalue weighted by molar-refractivity contribution is -0.131. The van der Waals surface area contributed by atoms with Crippen molar-refractivity contribution in [3.63, 3.8) is 0 Å². The number of carbonyl (C=O) groups is 4. The van der Waals surface area contributed by atoms with Gasteiger partial charge in [0.05, 0.1) is 25.1 Å². The Hall–Kier alpha value is -4.86. The number of aryl methyl sites for hydroxylation is 1. The van der Waals surface area contributed by atoms with Crippen LogP contribution in [0.25, 0.3) is 0 Å². The van der Waals surface area contributed by atoms with Gasteiger partial charge in [-0.2, -0.15) is 0 Å². The summed E-state index contributed by atoms with van der Waals surface area (Å²) in [6.45, 7) is 4.55. The van der Waals surface area contributed by atoms with Crippen LogP contribution >= 0.6 is 0 Å². The maximum Gasteiger partial charge on any atom is 0.255 e. The monoisotopic (exact) mass is 628 g/mol. The van der Waals surface area contributed by atoms with Crippen LogP contribution in [0.5, 0.6) is 11.5 Å². The van der Waals surface area contributed by atoms with Crippen molar-refractivity contribution in [1.82, 2.24) is 21.3 Å². The van der Waals surface area contributed by atoms with Gasteiger partial charge in [0.25, 0.3) is 5.91 Å².